The van der Waals surface area contributed by atoms with E-state index < -0.39 is 0 Å². The molecule has 0 unspecified atom stereocenters. The Morgan fingerprint density at radius 2 is 1.89 bits per heavy atom. The second kappa shape index (κ2) is 4.43. The van der Waals surface area contributed by atoms with Crippen LogP contribution in [0.3, 0.4) is 0 Å². The second-order valence-corrected chi connectivity index (χ2v) is 5.66. The number of rotatable bonds is 1. The molecule has 3 aromatic rings. The number of nitrogen functional groups attached to an aromatic ring is 1. The van der Waals surface area contributed by atoms with Crippen molar-refractivity contribution in [2.45, 2.75) is 0 Å². The highest BCUT2D eigenvalue weighted by molar-refractivity contribution is 7.22. The van der Waals surface area contributed by atoms with Gasteiger partial charge in [-0.25, -0.2) is 4.98 Å². The highest BCUT2D eigenvalue weighted by atomic mass is 35.5. The van der Waals surface area contributed by atoms with Gasteiger partial charge in [-0.1, -0.05) is 35.3 Å². The van der Waals surface area contributed by atoms with Crippen LogP contribution in [0, 0.1) is 0 Å². The number of fused-ring (bicyclic) bond motifs is 1. The van der Waals surface area contributed by atoms with E-state index in [1.54, 1.807) is 17.4 Å². The van der Waals surface area contributed by atoms with Crippen molar-refractivity contribution >= 4 is 50.4 Å². The van der Waals surface area contributed by atoms with Crippen LogP contribution in [0.25, 0.3) is 20.8 Å². The van der Waals surface area contributed by atoms with Gasteiger partial charge < -0.3 is 5.73 Å². The molecule has 2 nitrogen and oxygen atoms in total. The summed E-state index contributed by atoms with van der Waals surface area (Å²) < 4.78 is 0.989. The maximum atomic E-state index is 6.14. The summed E-state index contributed by atoms with van der Waals surface area (Å²) >= 11 is 13.6. The predicted octanol–water partition coefficient (Wildman–Crippen LogP) is 4.85. The third-order valence-electron chi connectivity index (χ3n) is 2.61. The molecule has 0 atom stereocenters. The fourth-order valence-corrected chi connectivity index (χ4v) is 3.08. The maximum absolute atomic E-state index is 6.14. The summed E-state index contributed by atoms with van der Waals surface area (Å²) in [5, 5.41) is 2.16. The SMILES string of the molecule is Nc1cc(-c2nc3cccc(Cl)c3s2)ccc1Cl. The van der Waals surface area contributed by atoms with E-state index in [0.717, 1.165) is 25.8 Å². The minimum Gasteiger partial charge on any atom is -0.398 e. The smallest absolute Gasteiger partial charge is 0.124 e. The Bertz CT molecular complexity index is 737. The van der Waals surface area contributed by atoms with Crippen LogP contribution in [0.4, 0.5) is 5.69 Å². The van der Waals surface area contributed by atoms with E-state index in [2.05, 4.69) is 4.98 Å². The number of hydrogen-bond acceptors (Lipinski definition) is 3. The molecule has 0 saturated carbocycles. The van der Waals surface area contributed by atoms with E-state index >= 15 is 0 Å². The van der Waals surface area contributed by atoms with E-state index in [9.17, 15) is 0 Å². The van der Waals surface area contributed by atoms with E-state index in [4.69, 9.17) is 28.9 Å². The van der Waals surface area contributed by atoms with Crippen molar-refractivity contribution in [3.05, 3.63) is 46.4 Å². The van der Waals surface area contributed by atoms with Crippen LogP contribution in [0.15, 0.2) is 36.4 Å². The summed E-state index contributed by atoms with van der Waals surface area (Å²) in [7, 11) is 0. The molecule has 90 valence electrons. The lowest BCUT2D eigenvalue weighted by Crippen LogP contribution is -1.86. The third kappa shape index (κ3) is 1.94. The van der Waals surface area contributed by atoms with Crippen LogP contribution in [0.1, 0.15) is 0 Å². The van der Waals surface area contributed by atoms with Crippen molar-refractivity contribution < 1.29 is 0 Å². The monoisotopic (exact) mass is 294 g/mol. The summed E-state index contributed by atoms with van der Waals surface area (Å²) in [6.45, 7) is 0. The lowest BCUT2D eigenvalue weighted by atomic mass is 10.2. The highest BCUT2D eigenvalue weighted by Gasteiger charge is 2.09. The molecule has 0 spiro atoms. The molecule has 1 aromatic heterocycles. The summed E-state index contributed by atoms with van der Waals surface area (Å²) in [6.07, 6.45) is 0. The van der Waals surface area contributed by atoms with Crippen molar-refractivity contribution in [3.63, 3.8) is 0 Å². The topological polar surface area (TPSA) is 38.9 Å². The first-order valence-electron chi connectivity index (χ1n) is 5.25. The van der Waals surface area contributed by atoms with Gasteiger partial charge in [-0.2, -0.15) is 0 Å². The zero-order valence-electron chi connectivity index (χ0n) is 9.15. The minimum absolute atomic E-state index is 0.554. The number of thiazole rings is 1. The Morgan fingerprint density at radius 3 is 2.61 bits per heavy atom. The molecule has 5 heteroatoms. The summed E-state index contributed by atoms with van der Waals surface area (Å²) in [5.74, 6) is 0. The molecule has 0 bridgehead atoms. The molecular formula is C13H8Cl2N2S. The maximum Gasteiger partial charge on any atom is 0.124 e. The van der Waals surface area contributed by atoms with Gasteiger partial charge in [0.15, 0.2) is 0 Å². The Labute approximate surface area is 118 Å². The van der Waals surface area contributed by atoms with Crippen LogP contribution in [0.5, 0.6) is 0 Å². The standard InChI is InChI=1S/C13H8Cl2N2S/c14-8-5-4-7(6-10(8)16)13-17-11-3-1-2-9(15)12(11)18-13/h1-6H,16H2. The average Bonchev–Trinajstić information content (AvgIpc) is 2.78. The fraction of sp³-hybridized carbons (Fsp3) is 0. The summed E-state index contributed by atoms with van der Waals surface area (Å²) in [6, 6.07) is 11.2. The van der Waals surface area contributed by atoms with Crippen LogP contribution < -0.4 is 5.73 Å². The molecule has 0 aliphatic rings. The number of benzene rings is 2. The van der Waals surface area contributed by atoms with Crippen molar-refractivity contribution in [2.24, 2.45) is 0 Å². The fourth-order valence-electron chi connectivity index (χ4n) is 1.72. The van der Waals surface area contributed by atoms with E-state index in [1.807, 2.05) is 30.3 Å². The highest BCUT2D eigenvalue weighted by Crippen LogP contribution is 2.35. The van der Waals surface area contributed by atoms with Crippen molar-refractivity contribution in [1.29, 1.82) is 0 Å². The lowest BCUT2D eigenvalue weighted by molar-refractivity contribution is 1.48. The normalized spacial score (nSPS) is 11.0. The number of anilines is 1. The van der Waals surface area contributed by atoms with E-state index in [1.165, 1.54) is 0 Å². The molecule has 0 fully saturated rings. The summed E-state index contributed by atoms with van der Waals surface area (Å²) in [5.41, 5.74) is 8.21. The van der Waals surface area contributed by atoms with Crippen LogP contribution in [-0.4, -0.2) is 4.98 Å². The van der Waals surface area contributed by atoms with Gasteiger partial charge in [0.05, 0.1) is 25.9 Å². The lowest BCUT2D eigenvalue weighted by Gasteiger charge is -2.00. The molecule has 2 aromatic carbocycles. The molecule has 0 aliphatic carbocycles. The van der Waals surface area contributed by atoms with Crippen molar-refractivity contribution in [3.8, 4) is 10.6 Å². The molecule has 0 saturated heterocycles. The van der Waals surface area contributed by atoms with Gasteiger partial charge in [0.25, 0.3) is 0 Å². The molecule has 0 radical (unpaired) electrons. The first-order valence-corrected chi connectivity index (χ1v) is 6.83. The number of nitrogens with two attached hydrogens (primary N) is 1. The second-order valence-electron chi connectivity index (χ2n) is 3.84. The number of hydrogen-bond donors (Lipinski definition) is 1. The van der Waals surface area contributed by atoms with Gasteiger partial charge in [-0.15, -0.1) is 11.3 Å². The number of aromatic nitrogens is 1. The number of nitrogens with zero attached hydrogens (tertiary/aromatic N) is 1. The Hall–Kier alpha value is -1.29. The summed E-state index contributed by atoms with van der Waals surface area (Å²) in [4.78, 5) is 4.55. The van der Waals surface area contributed by atoms with Gasteiger partial charge >= 0.3 is 0 Å². The minimum atomic E-state index is 0.554. The van der Waals surface area contributed by atoms with Crippen molar-refractivity contribution in [2.75, 3.05) is 5.73 Å². The molecule has 2 N–H and O–H groups in total. The Balaban J connectivity index is 2.19. The van der Waals surface area contributed by atoms with Crippen molar-refractivity contribution in [1.82, 2.24) is 4.98 Å². The molecular weight excluding hydrogens is 287 g/mol. The van der Waals surface area contributed by atoms with Crippen LogP contribution in [0.2, 0.25) is 10.0 Å². The molecule has 1 heterocycles. The zero-order chi connectivity index (χ0) is 12.7. The first kappa shape index (κ1) is 11.8. The molecule has 3 rings (SSSR count). The Morgan fingerprint density at radius 1 is 1.06 bits per heavy atom. The molecule has 0 aliphatic heterocycles. The quantitative estimate of drug-likeness (QED) is 0.652. The van der Waals surface area contributed by atoms with Gasteiger partial charge in [-0.05, 0) is 24.3 Å². The van der Waals surface area contributed by atoms with Gasteiger partial charge in [0, 0.05) is 5.56 Å². The largest absolute Gasteiger partial charge is 0.398 e. The van der Waals surface area contributed by atoms with Gasteiger partial charge in [0.2, 0.25) is 0 Å². The third-order valence-corrected chi connectivity index (χ3v) is 4.53. The van der Waals surface area contributed by atoms with Gasteiger partial charge in [0.1, 0.15) is 5.01 Å². The van der Waals surface area contributed by atoms with E-state index in [-0.39, 0.29) is 0 Å². The van der Waals surface area contributed by atoms with Crippen LogP contribution >= 0.6 is 34.5 Å². The molecule has 0 amide bonds. The Kier molecular flexibility index (Phi) is 2.90. The number of halogens is 2. The van der Waals surface area contributed by atoms with E-state index in [0.29, 0.717) is 10.7 Å². The van der Waals surface area contributed by atoms with Crippen LogP contribution in [-0.2, 0) is 0 Å². The average molecular weight is 295 g/mol. The zero-order valence-corrected chi connectivity index (χ0v) is 11.5. The predicted molar refractivity (Wildman–Crippen MR) is 79.5 cm³/mol. The van der Waals surface area contributed by atoms with Gasteiger partial charge in [-0.3, -0.25) is 0 Å². The first-order chi connectivity index (χ1) is 8.65. The molecule has 18 heavy (non-hydrogen) atoms.